The van der Waals surface area contributed by atoms with Crippen molar-refractivity contribution in [3.8, 4) is 11.5 Å². The minimum Gasteiger partial charge on any atom is -0.497 e. The van der Waals surface area contributed by atoms with Crippen LogP contribution < -0.4 is 14.4 Å². The molecule has 1 aliphatic rings. The van der Waals surface area contributed by atoms with Crippen molar-refractivity contribution in [1.29, 1.82) is 0 Å². The summed E-state index contributed by atoms with van der Waals surface area (Å²) >= 11 is 12.1. The Hall–Kier alpha value is -2.18. The number of carbonyl (C=O) groups excluding carboxylic acids is 1. The number of amides is 1. The summed E-state index contributed by atoms with van der Waals surface area (Å²) in [4.78, 5) is 21.0. The van der Waals surface area contributed by atoms with Gasteiger partial charge in [0.2, 0.25) is 5.91 Å². The van der Waals surface area contributed by atoms with Crippen LogP contribution in [0.1, 0.15) is 5.56 Å². The number of halogens is 2. The maximum atomic E-state index is 12.7. The minimum absolute atomic E-state index is 0.0522. The van der Waals surface area contributed by atoms with Crippen LogP contribution in [0.4, 0.5) is 5.82 Å². The van der Waals surface area contributed by atoms with Gasteiger partial charge >= 0.3 is 0 Å². The number of nitrogens with zero attached hydrogens (tertiary/aromatic N) is 3. The summed E-state index contributed by atoms with van der Waals surface area (Å²) in [5.41, 5.74) is 0.812. The lowest BCUT2D eigenvalue weighted by Crippen LogP contribution is -2.49. The van der Waals surface area contributed by atoms with Gasteiger partial charge in [-0.3, -0.25) is 4.79 Å². The number of methoxy groups -OCH3 is 2. The van der Waals surface area contributed by atoms with Gasteiger partial charge in [0.1, 0.15) is 17.3 Å². The van der Waals surface area contributed by atoms with E-state index in [-0.39, 0.29) is 12.3 Å². The zero-order valence-corrected chi connectivity index (χ0v) is 16.8. The Bertz CT molecular complexity index is 824. The third-order valence-electron chi connectivity index (χ3n) is 4.55. The first-order valence-corrected chi connectivity index (χ1v) is 9.32. The molecule has 27 heavy (non-hydrogen) atoms. The molecule has 2 aromatic rings. The predicted octanol–water partition coefficient (Wildman–Crippen LogP) is 3.30. The second-order valence-corrected chi connectivity index (χ2v) is 7.02. The summed E-state index contributed by atoms with van der Waals surface area (Å²) in [6, 6.07) is 7.14. The Morgan fingerprint density at radius 2 is 1.85 bits per heavy atom. The van der Waals surface area contributed by atoms with E-state index in [9.17, 15) is 4.79 Å². The Kier molecular flexibility index (Phi) is 6.29. The highest BCUT2D eigenvalue weighted by Crippen LogP contribution is 2.28. The van der Waals surface area contributed by atoms with Gasteiger partial charge in [0.15, 0.2) is 0 Å². The second kappa shape index (κ2) is 8.67. The summed E-state index contributed by atoms with van der Waals surface area (Å²) in [5.74, 6) is 2.13. The van der Waals surface area contributed by atoms with Gasteiger partial charge in [-0.1, -0.05) is 23.2 Å². The van der Waals surface area contributed by atoms with E-state index in [0.29, 0.717) is 53.5 Å². The molecule has 0 unspecified atom stereocenters. The zero-order valence-electron chi connectivity index (χ0n) is 15.2. The standard InChI is InChI=1S/C19H21Cl2N3O3/c1-26-15-3-4-17(27-2)13(9-15)10-18(25)23-5-7-24(8-6-23)19-16(21)11-14(20)12-22-19/h3-4,9,11-12H,5-8,10H2,1-2H3. The van der Waals surface area contributed by atoms with E-state index in [2.05, 4.69) is 9.88 Å². The fourth-order valence-corrected chi connectivity index (χ4v) is 3.60. The monoisotopic (exact) mass is 409 g/mol. The Balaban J connectivity index is 1.63. The van der Waals surface area contributed by atoms with Crippen molar-refractivity contribution in [2.45, 2.75) is 6.42 Å². The van der Waals surface area contributed by atoms with Crippen molar-refractivity contribution in [3.63, 3.8) is 0 Å². The van der Waals surface area contributed by atoms with Crippen molar-refractivity contribution < 1.29 is 14.3 Å². The first-order valence-electron chi connectivity index (χ1n) is 8.56. The van der Waals surface area contributed by atoms with Crippen LogP contribution in [0.2, 0.25) is 10.0 Å². The maximum Gasteiger partial charge on any atom is 0.227 e. The van der Waals surface area contributed by atoms with Gasteiger partial charge in [0, 0.05) is 37.9 Å². The lowest BCUT2D eigenvalue weighted by molar-refractivity contribution is -0.130. The molecule has 8 heteroatoms. The highest BCUT2D eigenvalue weighted by Gasteiger charge is 2.24. The smallest absolute Gasteiger partial charge is 0.227 e. The highest BCUT2D eigenvalue weighted by molar-refractivity contribution is 6.36. The topological polar surface area (TPSA) is 54.9 Å². The molecule has 0 atom stereocenters. The van der Waals surface area contributed by atoms with Crippen LogP contribution >= 0.6 is 23.2 Å². The van der Waals surface area contributed by atoms with Crippen LogP contribution in [0, 0.1) is 0 Å². The summed E-state index contributed by atoms with van der Waals surface area (Å²) in [6.45, 7) is 2.53. The highest BCUT2D eigenvalue weighted by atomic mass is 35.5. The number of benzene rings is 1. The number of pyridine rings is 1. The fourth-order valence-electron chi connectivity index (χ4n) is 3.10. The molecular weight excluding hydrogens is 389 g/mol. The third-order valence-corrected chi connectivity index (χ3v) is 5.03. The van der Waals surface area contributed by atoms with Crippen LogP contribution in [0.5, 0.6) is 11.5 Å². The van der Waals surface area contributed by atoms with Crippen molar-refractivity contribution in [2.75, 3.05) is 45.3 Å². The molecular formula is C19H21Cl2N3O3. The van der Waals surface area contributed by atoms with Crippen LogP contribution in [0.15, 0.2) is 30.5 Å². The molecule has 6 nitrogen and oxygen atoms in total. The van der Waals surface area contributed by atoms with Gasteiger partial charge in [0.05, 0.1) is 30.7 Å². The molecule has 1 aromatic carbocycles. The van der Waals surface area contributed by atoms with Crippen LogP contribution in [-0.2, 0) is 11.2 Å². The molecule has 3 rings (SSSR count). The van der Waals surface area contributed by atoms with E-state index in [1.54, 1.807) is 26.5 Å². The quantitative estimate of drug-likeness (QED) is 0.757. The van der Waals surface area contributed by atoms with E-state index < -0.39 is 0 Å². The summed E-state index contributed by atoms with van der Waals surface area (Å²) in [5, 5.41) is 1.02. The molecule has 1 aromatic heterocycles. The number of rotatable bonds is 5. The molecule has 0 aliphatic carbocycles. The van der Waals surface area contributed by atoms with Crippen molar-refractivity contribution in [2.24, 2.45) is 0 Å². The van der Waals surface area contributed by atoms with Crippen molar-refractivity contribution in [1.82, 2.24) is 9.88 Å². The van der Waals surface area contributed by atoms with Crippen molar-refractivity contribution in [3.05, 3.63) is 46.1 Å². The van der Waals surface area contributed by atoms with Gasteiger partial charge in [-0.15, -0.1) is 0 Å². The van der Waals surface area contributed by atoms with E-state index >= 15 is 0 Å². The second-order valence-electron chi connectivity index (χ2n) is 6.18. The molecule has 1 saturated heterocycles. The minimum atomic E-state index is 0.0522. The van der Waals surface area contributed by atoms with Crippen molar-refractivity contribution >= 4 is 34.9 Å². The molecule has 0 bridgehead atoms. The molecule has 144 valence electrons. The van der Waals surface area contributed by atoms with Crippen LogP contribution in [-0.4, -0.2) is 56.2 Å². The van der Waals surface area contributed by atoms with E-state index in [1.165, 1.54) is 0 Å². The average molecular weight is 410 g/mol. The Morgan fingerprint density at radius 3 is 2.48 bits per heavy atom. The molecule has 2 heterocycles. The summed E-state index contributed by atoms with van der Waals surface area (Å²) in [7, 11) is 3.19. The molecule has 0 spiro atoms. The summed E-state index contributed by atoms with van der Waals surface area (Å²) < 4.78 is 10.6. The average Bonchev–Trinajstić information content (AvgIpc) is 2.68. The Morgan fingerprint density at radius 1 is 1.11 bits per heavy atom. The van der Waals surface area contributed by atoms with Gasteiger partial charge < -0.3 is 19.3 Å². The number of anilines is 1. The lowest BCUT2D eigenvalue weighted by Gasteiger charge is -2.35. The van der Waals surface area contributed by atoms with E-state index in [1.807, 2.05) is 23.1 Å². The Labute approximate surface area is 168 Å². The molecule has 1 amide bonds. The first kappa shape index (κ1) is 19.6. The molecule has 1 aliphatic heterocycles. The lowest BCUT2D eigenvalue weighted by atomic mass is 10.1. The normalized spacial score (nSPS) is 14.2. The van der Waals surface area contributed by atoms with E-state index in [4.69, 9.17) is 32.7 Å². The molecule has 1 fully saturated rings. The van der Waals surface area contributed by atoms with Gasteiger partial charge in [-0.05, 0) is 24.3 Å². The molecule has 0 N–H and O–H groups in total. The van der Waals surface area contributed by atoms with Gasteiger partial charge in [-0.2, -0.15) is 0 Å². The largest absolute Gasteiger partial charge is 0.497 e. The molecule has 0 saturated carbocycles. The fraction of sp³-hybridized carbons (Fsp3) is 0.368. The zero-order chi connectivity index (χ0) is 19.4. The number of hydrogen-bond acceptors (Lipinski definition) is 5. The number of ether oxygens (including phenoxy) is 2. The SMILES string of the molecule is COc1ccc(OC)c(CC(=O)N2CCN(c3ncc(Cl)cc3Cl)CC2)c1. The predicted molar refractivity (Wildman–Crippen MR) is 106 cm³/mol. The number of carbonyl (C=O) groups is 1. The number of hydrogen-bond donors (Lipinski definition) is 0. The third kappa shape index (κ3) is 4.57. The maximum absolute atomic E-state index is 12.7. The van der Waals surface area contributed by atoms with Gasteiger partial charge in [0.25, 0.3) is 0 Å². The number of piperazine rings is 1. The van der Waals surface area contributed by atoms with E-state index in [0.717, 1.165) is 5.56 Å². The first-order chi connectivity index (χ1) is 13.0. The van der Waals surface area contributed by atoms with Crippen LogP contribution in [0.25, 0.3) is 0 Å². The van der Waals surface area contributed by atoms with Gasteiger partial charge in [-0.25, -0.2) is 4.98 Å². The number of aromatic nitrogens is 1. The van der Waals surface area contributed by atoms with Crippen LogP contribution in [0.3, 0.4) is 0 Å². The molecule has 0 radical (unpaired) electrons. The summed E-state index contributed by atoms with van der Waals surface area (Å²) in [6.07, 6.45) is 1.84.